The van der Waals surface area contributed by atoms with Crippen molar-refractivity contribution in [3.8, 4) is 0 Å². The molecule has 7 heteroatoms. The summed E-state index contributed by atoms with van der Waals surface area (Å²) in [4.78, 5) is 27.3. The number of carboxylic acid groups (broad SMARTS) is 1. The van der Waals surface area contributed by atoms with Crippen LogP contribution in [0.3, 0.4) is 0 Å². The third-order valence-electron chi connectivity index (χ3n) is 3.12. The quantitative estimate of drug-likeness (QED) is 0.761. The molecule has 0 unspecified atom stereocenters. The van der Waals surface area contributed by atoms with Gasteiger partial charge in [-0.1, -0.05) is 30.3 Å². The maximum atomic E-state index is 12.0. The molecule has 0 radical (unpaired) electrons. The van der Waals surface area contributed by atoms with E-state index in [0.29, 0.717) is 5.39 Å². The Morgan fingerprint density at radius 3 is 2.74 bits per heavy atom. The standard InChI is InChI=1S/C16H12N2O4S/c19-15(20)14-13(11-8-17-7-6-12(11)23-14)18-16(21)22-9-10-4-2-1-3-5-10/h1-8H,9H2,(H,18,21)(H,19,20). The number of carbonyl (C=O) groups is 2. The van der Waals surface area contributed by atoms with Crippen molar-refractivity contribution in [3.63, 3.8) is 0 Å². The number of pyridine rings is 1. The normalized spacial score (nSPS) is 10.4. The first-order valence-corrected chi connectivity index (χ1v) is 7.54. The predicted octanol–water partition coefficient (Wildman–Crippen LogP) is 3.74. The van der Waals surface area contributed by atoms with Gasteiger partial charge in [-0.05, 0) is 11.6 Å². The van der Waals surface area contributed by atoms with Crippen LogP contribution in [-0.4, -0.2) is 22.2 Å². The molecule has 0 saturated carbocycles. The highest BCUT2D eigenvalue weighted by molar-refractivity contribution is 7.21. The highest BCUT2D eigenvalue weighted by Crippen LogP contribution is 2.35. The largest absolute Gasteiger partial charge is 0.477 e. The molecule has 0 aliphatic rings. The minimum Gasteiger partial charge on any atom is -0.477 e. The number of anilines is 1. The average Bonchev–Trinajstić information content (AvgIpc) is 2.93. The van der Waals surface area contributed by atoms with Crippen LogP contribution in [0.15, 0.2) is 48.8 Å². The van der Waals surface area contributed by atoms with Crippen molar-refractivity contribution in [1.82, 2.24) is 4.98 Å². The zero-order valence-electron chi connectivity index (χ0n) is 11.9. The third-order valence-corrected chi connectivity index (χ3v) is 4.28. The molecular formula is C16H12N2O4S. The number of ether oxygens (including phenoxy) is 1. The Hall–Kier alpha value is -2.93. The Labute approximate surface area is 135 Å². The number of benzene rings is 1. The molecule has 0 spiro atoms. The lowest BCUT2D eigenvalue weighted by Gasteiger charge is -2.07. The van der Waals surface area contributed by atoms with E-state index in [4.69, 9.17) is 4.74 Å². The van der Waals surface area contributed by atoms with Crippen molar-refractivity contribution >= 4 is 39.2 Å². The SMILES string of the molecule is O=C(Nc1c(C(=O)O)sc2ccncc12)OCc1ccccc1. The number of fused-ring (bicyclic) bond motifs is 1. The van der Waals surface area contributed by atoms with E-state index in [1.54, 1.807) is 12.3 Å². The monoisotopic (exact) mass is 328 g/mol. The second-order valence-corrected chi connectivity index (χ2v) is 5.72. The van der Waals surface area contributed by atoms with Crippen molar-refractivity contribution in [2.45, 2.75) is 6.61 Å². The molecule has 1 amide bonds. The molecule has 0 fully saturated rings. The van der Waals surface area contributed by atoms with Gasteiger partial charge in [0.25, 0.3) is 0 Å². The van der Waals surface area contributed by atoms with E-state index in [1.165, 1.54) is 6.20 Å². The van der Waals surface area contributed by atoms with Crippen LogP contribution >= 0.6 is 11.3 Å². The Kier molecular flexibility index (Phi) is 4.20. The minimum absolute atomic E-state index is 0.0460. The van der Waals surface area contributed by atoms with E-state index in [0.717, 1.165) is 21.6 Å². The predicted molar refractivity (Wildman–Crippen MR) is 86.8 cm³/mol. The lowest BCUT2D eigenvalue weighted by Crippen LogP contribution is -2.15. The van der Waals surface area contributed by atoms with Crippen molar-refractivity contribution in [3.05, 3.63) is 59.2 Å². The molecule has 1 aromatic carbocycles. The Bertz CT molecular complexity index is 861. The van der Waals surface area contributed by atoms with Gasteiger partial charge in [0.05, 0.1) is 5.69 Å². The van der Waals surface area contributed by atoms with Crippen molar-refractivity contribution < 1.29 is 19.4 Å². The van der Waals surface area contributed by atoms with E-state index < -0.39 is 12.1 Å². The maximum absolute atomic E-state index is 12.0. The zero-order chi connectivity index (χ0) is 16.2. The summed E-state index contributed by atoms with van der Waals surface area (Å²) in [5, 5.41) is 12.4. The summed E-state index contributed by atoms with van der Waals surface area (Å²) in [6.45, 7) is 0.107. The molecule has 0 saturated heterocycles. The summed E-state index contributed by atoms with van der Waals surface area (Å²) in [7, 11) is 0. The van der Waals surface area contributed by atoms with Crippen LogP contribution in [0, 0.1) is 0 Å². The van der Waals surface area contributed by atoms with Crippen LogP contribution in [-0.2, 0) is 11.3 Å². The van der Waals surface area contributed by atoms with E-state index in [9.17, 15) is 14.7 Å². The Morgan fingerprint density at radius 2 is 2.00 bits per heavy atom. The van der Waals surface area contributed by atoms with Gasteiger partial charge in [0, 0.05) is 22.5 Å². The molecule has 0 atom stereocenters. The van der Waals surface area contributed by atoms with Crippen LogP contribution in [0.25, 0.3) is 10.1 Å². The van der Waals surface area contributed by atoms with Crippen molar-refractivity contribution in [1.29, 1.82) is 0 Å². The van der Waals surface area contributed by atoms with Crippen LogP contribution in [0.5, 0.6) is 0 Å². The number of aromatic nitrogens is 1. The average molecular weight is 328 g/mol. The van der Waals surface area contributed by atoms with Crippen LogP contribution in [0.4, 0.5) is 10.5 Å². The maximum Gasteiger partial charge on any atom is 0.412 e. The smallest absolute Gasteiger partial charge is 0.412 e. The molecule has 116 valence electrons. The molecule has 6 nitrogen and oxygen atoms in total. The number of hydrogen-bond donors (Lipinski definition) is 2. The summed E-state index contributed by atoms with van der Waals surface area (Å²) in [5.41, 5.74) is 1.06. The number of hydrogen-bond acceptors (Lipinski definition) is 5. The van der Waals surface area contributed by atoms with Crippen LogP contribution in [0.2, 0.25) is 0 Å². The van der Waals surface area contributed by atoms with Gasteiger partial charge in [0.2, 0.25) is 0 Å². The van der Waals surface area contributed by atoms with Gasteiger partial charge < -0.3 is 9.84 Å². The lowest BCUT2D eigenvalue weighted by atomic mass is 10.2. The number of nitrogens with one attached hydrogen (secondary N) is 1. The van der Waals surface area contributed by atoms with E-state index in [-0.39, 0.29) is 17.2 Å². The summed E-state index contributed by atoms with van der Waals surface area (Å²) >= 11 is 1.08. The van der Waals surface area contributed by atoms with Crippen LogP contribution in [0.1, 0.15) is 15.2 Å². The topological polar surface area (TPSA) is 88.5 Å². The van der Waals surface area contributed by atoms with E-state index in [1.807, 2.05) is 30.3 Å². The molecule has 2 N–H and O–H groups in total. The van der Waals surface area contributed by atoms with Gasteiger partial charge in [-0.15, -0.1) is 11.3 Å². The fourth-order valence-electron chi connectivity index (χ4n) is 2.08. The van der Waals surface area contributed by atoms with Crippen molar-refractivity contribution in [2.75, 3.05) is 5.32 Å². The first kappa shape index (κ1) is 15.0. The molecule has 2 aromatic heterocycles. The molecule has 2 heterocycles. The number of nitrogens with zero attached hydrogens (tertiary/aromatic N) is 1. The number of carboxylic acids is 1. The van der Waals surface area contributed by atoms with E-state index in [2.05, 4.69) is 10.3 Å². The number of amides is 1. The van der Waals surface area contributed by atoms with Crippen molar-refractivity contribution in [2.24, 2.45) is 0 Å². The summed E-state index contributed by atoms with van der Waals surface area (Å²) in [6.07, 6.45) is 2.38. The molecular weight excluding hydrogens is 316 g/mol. The number of thiophene rings is 1. The fraction of sp³-hybridized carbons (Fsp3) is 0.0625. The minimum atomic E-state index is -1.11. The molecule has 0 aliphatic carbocycles. The van der Waals surface area contributed by atoms with Gasteiger partial charge in [-0.25, -0.2) is 9.59 Å². The van der Waals surface area contributed by atoms with Gasteiger partial charge in [0.1, 0.15) is 11.5 Å². The summed E-state index contributed by atoms with van der Waals surface area (Å²) < 4.78 is 5.86. The Morgan fingerprint density at radius 1 is 1.22 bits per heavy atom. The molecule has 0 bridgehead atoms. The van der Waals surface area contributed by atoms with Gasteiger partial charge in [0.15, 0.2) is 0 Å². The lowest BCUT2D eigenvalue weighted by molar-refractivity contribution is 0.0703. The van der Waals surface area contributed by atoms with Gasteiger partial charge in [-0.2, -0.15) is 0 Å². The molecule has 3 rings (SSSR count). The number of carbonyl (C=O) groups excluding carboxylic acids is 1. The Balaban J connectivity index is 1.79. The first-order chi connectivity index (χ1) is 11.1. The number of rotatable bonds is 4. The van der Waals surface area contributed by atoms with Gasteiger partial charge >= 0.3 is 12.1 Å². The molecule has 0 aliphatic heterocycles. The third kappa shape index (κ3) is 3.29. The first-order valence-electron chi connectivity index (χ1n) is 6.72. The van der Waals surface area contributed by atoms with E-state index >= 15 is 0 Å². The second-order valence-electron chi connectivity index (χ2n) is 4.67. The van der Waals surface area contributed by atoms with Crippen LogP contribution < -0.4 is 5.32 Å². The molecule has 3 aromatic rings. The second kappa shape index (κ2) is 6.45. The zero-order valence-corrected chi connectivity index (χ0v) is 12.7. The fourth-order valence-corrected chi connectivity index (χ4v) is 3.04. The highest BCUT2D eigenvalue weighted by Gasteiger charge is 2.20. The summed E-state index contributed by atoms with van der Waals surface area (Å²) in [6, 6.07) is 10.9. The van der Waals surface area contributed by atoms with Gasteiger partial charge in [-0.3, -0.25) is 10.3 Å². The number of aromatic carboxylic acids is 1. The summed E-state index contributed by atoms with van der Waals surface area (Å²) in [5.74, 6) is -1.11. The molecule has 23 heavy (non-hydrogen) atoms. The highest BCUT2D eigenvalue weighted by atomic mass is 32.1.